The first kappa shape index (κ1) is 25.9. The Labute approximate surface area is 224 Å². The highest BCUT2D eigenvalue weighted by molar-refractivity contribution is 7.56. The predicted molar refractivity (Wildman–Crippen MR) is 150 cm³/mol. The quantitative estimate of drug-likeness (QED) is 0.363. The molecule has 3 aromatic rings. The summed E-state index contributed by atoms with van der Waals surface area (Å²) in [6.45, 7) is 4.49. The van der Waals surface area contributed by atoms with Crippen LogP contribution in [-0.4, -0.2) is 69.4 Å². The van der Waals surface area contributed by atoms with E-state index in [0.29, 0.717) is 22.2 Å². The van der Waals surface area contributed by atoms with Gasteiger partial charge in [0.05, 0.1) is 30.0 Å². The second kappa shape index (κ2) is 11.0. The molecule has 1 spiro atoms. The molecule has 3 heterocycles. The first-order chi connectivity index (χ1) is 17.9. The lowest BCUT2D eigenvalue weighted by Gasteiger charge is -2.46. The molecule has 0 radical (unpaired) electrons. The highest BCUT2D eigenvalue weighted by Gasteiger charge is 2.46. The topological polar surface area (TPSA) is 84.0 Å². The van der Waals surface area contributed by atoms with Gasteiger partial charge in [0.25, 0.3) is 0 Å². The molecule has 11 heteroatoms. The fourth-order valence-electron chi connectivity index (χ4n) is 5.27. The summed E-state index contributed by atoms with van der Waals surface area (Å²) in [7, 11) is 5.87. The highest BCUT2D eigenvalue weighted by Crippen LogP contribution is 2.42. The average Bonchev–Trinajstić information content (AvgIpc) is 3.33. The number of ether oxygens (including phenoxy) is 1. The van der Waals surface area contributed by atoms with Crippen LogP contribution in [0.5, 0.6) is 5.75 Å². The van der Waals surface area contributed by atoms with Gasteiger partial charge in [-0.1, -0.05) is 23.7 Å². The van der Waals surface area contributed by atoms with Gasteiger partial charge in [0, 0.05) is 57.6 Å². The van der Waals surface area contributed by atoms with Gasteiger partial charge in [-0.3, -0.25) is 0 Å². The van der Waals surface area contributed by atoms with Gasteiger partial charge >= 0.3 is 0 Å². The Morgan fingerprint density at radius 3 is 2.51 bits per heavy atom. The molecule has 9 nitrogen and oxygen atoms in total. The van der Waals surface area contributed by atoms with E-state index in [1.54, 1.807) is 27.5 Å². The number of para-hydroxylation sites is 1. The second-order valence-electron chi connectivity index (χ2n) is 9.51. The SMILES string of the molecule is COc1cc(N2CCC3(CN(C)C3)C2)ccc1Nc1ncc(Cl)c(Nc2ccccc2P(OC)OC)n1. The van der Waals surface area contributed by atoms with Crippen molar-refractivity contribution < 1.29 is 13.8 Å². The Bertz CT molecular complexity index is 1250. The van der Waals surface area contributed by atoms with E-state index < -0.39 is 8.38 Å². The van der Waals surface area contributed by atoms with Crippen molar-refractivity contribution in [2.75, 3.05) is 70.1 Å². The molecule has 0 bridgehead atoms. The van der Waals surface area contributed by atoms with E-state index in [9.17, 15) is 0 Å². The third-order valence-electron chi connectivity index (χ3n) is 6.88. The summed E-state index contributed by atoms with van der Waals surface area (Å²) < 4.78 is 16.7. The molecular formula is C26H32ClN6O3P. The third-order valence-corrected chi connectivity index (χ3v) is 8.60. The van der Waals surface area contributed by atoms with Gasteiger partial charge in [-0.15, -0.1) is 0 Å². The number of hydrogen-bond acceptors (Lipinski definition) is 9. The van der Waals surface area contributed by atoms with Crippen LogP contribution >= 0.6 is 20.0 Å². The molecule has 37 heavy (non-hydrogen) atoms. The smallest absolute Gasteiger partial charge is 0.229 e. The molecule has 2 N–H and O–H groups in total. The van der Waals surface area contributed by atoms with Gasteiger partial charge in [0.15, 0.2) is 5.82 Å². The second-order valence-corrected chi connectivity index (χ2v) is 11.6. The molecule has 0 amide bonds. The first-order valence-electron chi connectivity index (χ1n) is 12.1. The fraction of sp³-hybridized carbons (Fsp3) is 0.385. The predicted octanol–water partition coefficient (Wildman–Crippen LogP) is 5.00. The molecule has 0 atom stereocenters. The van der Waals surface area contributed by atoms with Gasteiger partial charge < -0.3 is 34.2 Å². The maximum atomic E-state index is 6.44. The lowest BCUT2D eigenvalue weighted by molar-refractivity contribution is 0.0424. The minimum Gasteiger partial charge on any atom is -0.494 e. The normalized spacial score (nSPS) is 16.8. The molecule has 1 aromatic heterocycles. The van der Waals surface area contributed by atoms with Crippen LogP contribution in [0.2, 0.25) is 5.02 Å². The number of nitrogens with one attached hydrogen (secondary N) is 2. The lowest BCUT2D eigenvalue weighted by atomic mass is 9.79. The van der Waals surface area contributed by atoms with Gasteiger partial charge in [0.1, 0.15) is 10.8 Å². The van der Waals surface area contributed by atoms with E-state index >= 15 is 0 Å². The van der Waals surface area contributed by atoms with Crippen molar-refractivity contribution in [1.29, 1.82) is 0 Å². The summed E-state index contributed by atoms with van der Waals surface area (Å²) in [5, 5.41) is 7.87. The lowest BCUT2D eigenvalue weighted by Crippen LogP contribution is -2.55. The highest BCUT2D eigenvalue weighted by atomic mass is 35.5. The van der Waals surface area contributed by atoms with Crippen molar-refractivity contribution in [3.8, 4) is 5.75 Å². The molecule has 2 saturated heterocycles. The van der Waals surface area contributed by atoms with E-state index in [-0.39, 0.29) is 0 Å². The molecule has 2 aliphatic heterocycles. The Morgan fingerprint density at radius 2 is 1.78 bits per heavy atom. The monoisotopic (exact) mass is 542 g/mol. The van der Waals surface area contributed by atoms with Crippen molar-refractivity contribution in [1.82, 2.24) is 14.9 Å². The van der Waals surface area contributed by atoms with E-state index in [4.69, 9.17) is 25.4 Å². The van der Waals surface area contributed by atoms with Gasteiger partial charge in [-0.2, -0.15) is 4.98 Å². The van der Waals surface area contributed by atoms with Crippen LogP contribution in [0, 0.1) is 5.41 Å². The van der Waals surface area contributed by atoms with Crippen molar-refractivity contribution in [3.63, 3.8) is 0 Å². The number of anilines is 5. The largest absolute Gasteiger partial charge is 0.494 e. The Morgan fingerprint density at radius 1 is 1.00 bits per heavy atom. The molecule has 196 valence electrons. The number of likely N-dealkylation sites (tertiary alicyclic amines) is 1. The summed E-state index contributed by atoms with van der Waals surface area (Å²) >= 11 is 6.44. The van der Waals surface area contributed by atoms with Crippen LogP contribution in [0.25, 0.3) is 0 Å². The minimum atomic E-state index is -1.23. The van der Waals surface area contributed by atoms with Crippen molar-refractivity contribution >= 4 is 54.1 Å². The van der Waals surface area contributed by atoms with Crippen LogP contribution in [0.4, 0.5) is 28.8 Å². The van der Waals surface area contributed by atoms with Crippen LogP contribution in [0.3, 0.4) is 0 Å². The Hall–Kier alpha value is -2.68. The zero-order chi connectivity index (χ0) is 26.0. The van der Waals surface area contributed by atoms with Crippen molar-refractivity contribution in [3.05, 3.63) is 53.7 Å². The summed E-state index contributed by atoms with van der Waals surface area (Å²) in [5.74, 6) is 1.60. The maximum Gasteiger partial charge on any atom is 0.229 e. The minimum absolute atomic E-state index is 0.395. The number of hydrogen-bond donors (Lipinski definition) is 2. The Kier molecular flexibility index (Phi) is 7.70. The van der Waals surface area contributed by atoms with E-state index in [1.807, 2.05) is 30.3 Å². The molecule has 2 aliphatic rings. The standard InChI is InChI=1S/C26H32ClN6O3P/c1-32-15-26(16-32)11-12-33(17-26)18-9-10-20(22(13-18)34-2)30-25-28-14-19(27)24(31-25)29-21-7-5-6-8-23(21)37(35-3)36-4/h5-10,13-14H,11-12,15-17H2,1-4H3,(H2,28,29,30,31). The molecule has 0 aliphatic carbocycles. The summed E-state index contributed by atoms with van der Waals surface area (Å²) in [6.07, 6.45) is 2.80. The zero-order valence-electron chi connectivity index (χ0n) is 21.5. The number of methoxy groups -OCH3 is 1. The number of nitrogens with zero attached hydrogens (tertiary/aromatic N) is 4. The van der Waals surface area contributed by atoms with Gasteiger partial charge in [-0.05, 0) is 37.7 Å². The molecule has 2 fully saturated rings. The molecule has 5 rings (SSSR count). The van der Waals surface area contributed by atoms with E-state index in [0.717, 1.165) is 41.2 Å². The molecule has 2 aromatic carbocycles. The van der Waals surface area contributed by atoms with Crippen LogP contribution in [0.15, 0.2) is 48.7 Å². The van der Waals surface area contributed by atoms with E-state index in [2.05, 4.69) is 49.6 Å². The van der Waals surface area contributed by atoms with Crippen LogP contribution < -0.4 is 25.6 Å². The number of aromatic nitrogens is 2. The van der Waals surface area contributed by atoms with Gasteiger partial charge in [0.2, 0.25) is 14.3 Å². The average molecular weight is 543 g/mol. The molecule has 0 unspecified atom stereocenters. The molecular weight excluding hydrogens is 511 g/mol. The Balaban J connectivity index is 1.34. The van der Waals surface area contributed by atoms with Crippen molar-refractivity contribution in [2.45, 2.75) is 6.42 Å². The molecule has 0 saturated carbocycles. The number of benzene rings is 2. The van der Waals surface area contributed by atoms with Gasteiger partial charge in [-0.25, -0.2) is 4.98 Å². The van der Waals surface area contributed by atoms with Crippen LogP contribution in [0.1, 0.15) is 6.42 Å². The fourth-order valence-corrected chi connectivity index (χ4v) is 6.48. The summed E-state index contributed by atoms with van der Waals surface area (Å²) in [4.78, 5) is 13.8. The number of rotatable bonds is 9. The van der Waals surface area contributed by atoms with E-state index in [1.165, 1.54) is 19.5 Å². The van der Waals surface area contributed by atoms with Crippen molar-refractivity contribution in [2.24, 2.45) is 5.41 Å². The third kappa shape index (κ3) is 5.47. The first-order valence-corrected chi connectivity index (χ1v) is 13.6. The summed E-state index contributed by atoms with van der Waals surface area (Å²) in [5.41, 5.74) is 3.18. The maximum absolute atomic E-state index is 6.44. The number of halogens is 1. The summed E-state index contributed by atoms with van der Waals surface area (Å²) in [6, 6.07) is 14.0. The zero-order valence-corrected chi connectivity index (χ0v) is 23.1. The van der Waals surface area contributed by atoms with Crippen LogP contribution in [-0.2, 0) is 9.05 Å².